The Morgan fingerprint density at radius 1 is 1.10 bits per heavy atom. The summed E-state index contributed by atoms with van der Waals surface area (Å²) in [5.41, 5.74) is 1.00. The van der Waals surface area contributed by atoms with Crippen LogP contribution in [-0.2, 0) is 4.79 Å². The summed E-state index contributed by atoms with van der Waals surface area (Å²) < 4.78 is 16.5. The van der Waals surface area contributed by atoms with Crippen LogP contribution in [0.15, 0.2) is 56.2 Å². The Bertz CT molecular complexity index is 1210. The normalized spacial score (nSPS) is 11.0. The number of Topliss-reactive ketones (excluding diaryl/α,β-unsaturated/α-hetero) is 1. The van der Waals surface area contributed by atoms with E-state index in [-0.39, 0.29) is 22.7 Å². The van der Waals surface area contributed by atoms with E-state index in [9.17, 15) is 14.4 Å². The molecule has 0 saturated carbocycles. The zero-order valence-electron chi connectivity index (χ0n) is 15.9. The second-order valence-electron chi connectivity index (χ2n) is 6.27. The highest BCUT2D eigenvalue weighted by molar-refractivity contribution is 9.10. The zero-order chi connectivity index (χ0) is 21.1. The van der Waals surface area contributed by atoms with Crippen molar-refractivity contribution >= 4 is 44.7 Å². The van der Waals surface area contributed by atoms with Crippen molar-refractivity contribution in [3.8, 4) is 11.5 Å². The molecule has 1 aromatic heterocycles. The highest BCUT2D eigenvalue weighted by Crippen LogP contribution is 2.30. The molecule has 1 heterocycles. The van der Waals surface area contributed by atoms with E-state index in [1.165, 1.54) is 25.1 Å². The minimum absolute atomic E-state index is 0.0318. The van der Waals surface area contributed by atoms with Gasteiger partial charge < -0.3 is 13.9 Å². The van der Waals surface area contributed by atoms with E-state index in [1.807, 2.05) is 0 Å². The Balaban J connectivity index is 1.92. The molecular formula is C22H17BrO6. The number of esters is 1. The van der Waals surface area contributed by atoms with E-state index in [0.29, 0.717) is 16.7 Å². The van der Waals surface area contributed by atoms with Crippen molar-refractivity contribution in [1.29, 1.82) is 0 Å². The average Bonchev–Trinajstić information content (AvgIpc) is 2.65. The third-order valence-corrected chi connectivity index (χ3v) is 4.85. The number of aryl methyl sites for hydroxylation is 1. The molecule has 3 rings (SSSR count). The first kappa shape index (κ1) is 20.5. The van der Waals surface area contributed by atoms with Crippen molar-refractivity contribution in [3.63, 3.8) is 0 Å². The minimum Gasteiger partial charge on any atom is -0.496 e. The molecule has 0 N–H and O–H groups in total. The number of hydrogen-bond acceptors (Lipinski definition) is 6. The number of carbonyl (C=O) groups excluding carboxylic acids is 2. The molecule has 0 aliphatic rings. The highest BCUT2D eigenvalue weighted by Gasteiger charge is 2.19. The number of rotatable bonds is 5. The predicted molar refractivity (Wildman–Crippen MR) is 113 cm³/mol. The maximum atomic E-state index is 12.3. The highest BCUT2D eigenvalue weighted by atomic mass is 79.9. The van der Waals surface area contributed by atoms with E-state index >= 15 is 0 Å². The lowest BCUT2D eigenvalue weighted by Crippen LogP contribution is -2.09. The molecule has 29 heavy (non-hydrogen) atoms. The molecule has 0 aliphatic heterocycles. The third kappa shape index (κ3) is 4.46. The summed E-state index contributed by atoms with van der Waals surface area (Å²) in [5.74, 6) is -0.350. The number of ketones is 1. The molecule has 6 nitrogen and oxygen atoms in total. The van der Waals surface area contributed by atoms with Crippen LogP contribution in [0.25, 0.3) is 17.0 Å². The number of carbonyl (C=O) groups is 2. The Morgan fingerprint density at radius 3 is 2.48 bits per heavy atom. The van der Waals surface area contributed by atoms with Gasteiger partial charge in [0.1, 0.15) is 17.1 Å². The number of benzene rings is 2. The lowest BCUT2D eigenvalue weighted by atomic mass is 10.0. The summed E-state index contributed by atoms with van der Waals surface area (Å²) in [5, 5.41) is 0.605. The molecule has 0 spiro atoms. The van der Waals surface area contributed by atoms with E-state index in [4.69, 9.17) is 13.9 Å². The summed E-state index contributed by atoms with van der Waals surface area (Å²) >= 11 is 3.38. The predicted octanol–water partition coefficient (Wildman–Crippen LogP) is 4.69. The molecule has 2 aromatic carbocycles. The quantitative estimate of drug-likeness (QED) is 0.182. The van der Waals surface area contributed by atoms with Gasteiger partial charge in [0.2, 0.25) is 0 Å². The monoisotopic (exact) mass is 456 g/mol. The second-order valence-corrected chi connectivity index (χ2v) is 7.12. The Kier molecular flexibility index (Phi) is 5.98. The first-order valence-electron chi connectivity index (χ1n) is 8.62. The van der Waals surface area contributed by atoms with Crippen LogP contribution >= 0.6 is 15.9 Å². The molecule has 0 amide bonds. The van der Waals surface area contributed by atoms with Gasteiger partial charge in [0.15, 0.2) is 11.4 Å². The first-order valence-corrected chi connectivity index (χ1v) is 9.41. The molecule has 0 bridgehead atoms. The molecule has 0 radical (unpaired) electrons. The van der Waals surface area contributed by atoms with Crippen molar-refractivity contribution < 1.29 is 23.5 Å². The second kappa shape index (κ2) is 8.45. The van der Waals surface area contributed by atoms with E-state index in [0.717, 1.165) is 10.0 Å². The van der Waals surface area contributed by atoms with Crippen LogP contribution < -0.4 is 15.1 Å². The molecule has 7 heteroatoms. The van der Waals surface area contributed by atoms with Gasteiger partial charge in [0, 0.05) is 17.5 Å². The SMILES string of the molecule is COc1ccc(/C=C/C(=O)Oc2ccc3c(C)cc(=O)oc3c2C(C)=O)cc1Br. The van der Waals surface area contributed by atoms with Gasteiger partial charge in [-0.15, -0.1) is 0 Å². The summed E-state index contributed by atoms with van der Waals surface area (Å²) in [7, 11) is 1.56. The average molecular weight is 457 g/mol. The topological polar surface area (TPSA) is 82.8 Å². The number of ether oxygens (including phenoxy) is 2. The number of fused-ring (bicyclic) bond motifs is 1. The van der Waals surface area contributed by atoms with Gasteiger partial charge in [-0.3, -0.25) is 4.79 Å². The van der Waals surface area contributed by atoms with Gasteiger partial charge in [-0.25, -0.2) is 9.59 Å². The molecular weight excluding hydrogens is 440 g/mol. The van der Waals surface area contributed by atoms with E-state index in [2.05, 4.69) is 15.9 Å². The smallest absolute Gasteiger partial charge is 0.336 e. The molecule has 0 unspecified atom stereocenters. The lowest BCUT2D eigenvalue weighted by Gasteiger charge is -2.10. The van der Waals surface area contributed by atoms with Gasteiger partial charge in [-0.05, 0) is 71.2 Å². The van der Waals surface area contributed by atoms with Crippen molar-refractivity contribution in [1.82, 2.24) is 0 Å². The van der Waals surface area contributed by atoms with Crippen molar-refractivity contribution in [2.75, 3.05) is 7.11 Å². The lowest BCUT2D eigenvalue weighted by molar-refractivity contribution is -0.128. The van der Waals surface area contributed by atoms with Crippen LogP contribution in [0.3, 0.4) is 0 Å². The number of halogens is 1. The van der Waals surface area contributed by atoms with Crippen LogP contribution in [-0.4, -0.2) is 18.9 Å². The van der Waals surface area contributed by atoms with Crippen LogP contribution in [0.5, 0.6) is 11.5 Å². The third-order valence-electron chi connectivity index (χ3n) is 4.23. The van der Waals surface area contributed by atoms with Gasteiger partial charge in [0.05, 0.1) is 11.6 Å². The largest absolute Gasteiger partial charge is 0.496 e. The van der Waals surface area contributed by atoms with Crippen LogP contribution in [0.1, 0.15) is 28.4 Å². The Morgan fingerprint density at radius 2 is 1.83 bits per heavy atom. The molecule has 0 aliphatic carbocycles. The summed E-state index contributed by atoms with van der Waals surface area (Å²) in [6.45, 7) is 3.06. The van der Waals surface area contributed by atoms with Crippen LogP contribution in [0, 0.1) is 6.92 Å². The van der Waals surface area contributed by atoms with Crippen molar-refractivity contribution in [3.05, 3.63) is 74.1 Å². The number of methoxy groups -OCH3 is 1. The van der Waals surface area contributed by atoms with Gasteiger partial charge >= 0.3 is 11.6 Å². The molecule has 3 aromatic rings. The summed E-state index contributed by atoms with van der Waals surface area (Å²) in [6, 6.07) is 9.83. The van der Waals surface area contributed by atoms with Crippen LogP contribution in [0.4, 0.5) is 0 Å². The van der Waals surface area contributed by atoms with E-state index in [1.54, 1.807) is 44.4 Å². The Hall–Kier alpha value is -3.19. The summed E-state index contributed by atoms with van der Waals surface area (Å²) in [6.07, 6.45) is 2.82. The van der Waals surface area contributed by atoms with Gasteiger partial charge in [-0.1, -0.05) is 6.07 Å². The Labute approximate surface area is 174 Å². The molecule has 0 saturated heterocycles. The van der Waals surface area contributed by atoms with Crippen LogP contribution in [0.2, 0.25) is 0 Å². The fourth-order valence-electron chi connectivity index (χ4n) is 2.88. The molecule has 148 valence electrons. The maximum Gasteiger partial charge on any atom is 0.336 e. The van der Waals surface area contributed by atoms with Crippen molar-refractivity contribution in [2.45, 2.75) is 13.8 Å². The van der Waals surface area contributed by atoms with Gasteiger partial charge in [-0.2, -0.15) is 0 Å². The minimum atomic E-state index is -0.672. The van der Waals surface area contributed by atoms with E-state index < -0.39 is 11.6 Å². The molecule has 0 atom stereocenters. The molecule has 0 fully saturated rings. The van der Waals surface area contributed by atoms with Gasteiger partial charge in [0.25, 0.3) is 0 Å². The first-order chi connectivity index (χ1) is 13.8. The van der Waals surface area contributed by atoms with Crippen molar-refractivity contribution in [2.24, 2.45) is 0 Å². The zero-order valence-corrected chi connectivity index (χ0v) is 17.5. The fraction of sp³-hybridized carbons (Fsp3) is 0.136. The number of hydrogen-bond donors (Lipinski definition) is 0. The maximum absolute atomic E-state index is 12.3. The summed E-state index contributed by atoms with van der Waals surface area (Å²) in [4.78, 5) is 36.2. The fourth-order valence-corrected chi connectivity index (χ4v) is 3.44. The standard InChI is InChI=1S/C22H17BrO6/c1-12-10-20(26)29-22-15(12)6-8-18(21(22)13(2)24)28-19(25)9-5-14-4-7-17(27-3)16(23)11-14/h4-11H,1-3H3/b9-5+.